The van der Waals surface area contributed by atoms with Crippen LogP contribution in [0.2, 0.25) is 0 Å². The van der Waals surface area contributed by atoms with Gasteiger partial charge in [-0.15, -0.1) is 0 Å². The first-order chi connectivity index (χ1) is 8.60. The predicted molar refractivity (Wildman–Crippen MR) is 66.1 cm³/mol. The van der Waals surface area contributed by atoms with Crippen molar-refractivity contribution < 1.29 is 14.3 Å². The number of hydrogen-bond acceptors (Lipinski definition) is 3. The summed E-state index contributed by atoms with van der Waals surface area (Å²) in [4.78, 5) is 24.6. The Labute approximate surface area is 106 Å². The normalized spacial score (nSPS) is 19.7. The highest BCUT2D eigenvalue weighted by molar-refractivity contribution is 5.97. The molecule has 18 heavy (non-hydrogen) atoms. The van der Waals surface area contributed by atoms with Gasteiger partial charge in [-0.2, -0.15) is 0 Å². The molecular formula is C13H16N2O3. The van der Waals surface area contributed by atoms with Crippen LogP contribution in [0.5, 0.6) is 5.75 Å². The van der Waals surface area contributed by atoms with E-state index in [1.54, 1.807) is 18.9 Å². The highest BCUT2D eigenvalue weighted by Crippen LogP contribution is 2.16. The molecule has 1 atom stereocenters. The lowest BCUT2D eigenvalue weighted by Gasteiger charge is -2.30. The van der Waals surface area contributed by atoms with Crippen molar-refractivity contribution in [1.82, 2.24) is 10.2 Å². The minimum atomic E-state index is -0.332. The lowest BCUT2D eigenvalue weighted by Crippen LogP contribution is -2.53. The van der Waals surface area contributed by atoms with E-state index in [1.165, 1.54) is 0 Å². The van der Waals surface area contributed by atoms with Crippen LogP contribution in [0, 0.1) is 5.92 Å². The van der Waals surface area contributed by atoms with Gasteiger partial charge in [-0.3, -0.25) is 10.1 Å². The number of ether oxygens (including phenoxy) is 1. The van der Waals surface area contributed by atoms with Gasteiger partial charge < -0.3 is 9.64 Å². The third kappa shape index (κ3) is 2.61. The number of amides is 3. The minimum Gasteiger partial charge on any atom is -0.497 e. The second-order valence-corrected chi connectivity index (χ2v) is 4.43. The molecule has 0 spiro atoms. The van der Waals surface area contributed by atoms with Crippen molar-refractivity contribution in [2.45, 2.75) is 13.5 Å². The molecule has 1 aliphatic heterocycles. The van der Waals surface area contributed by atoms with Gasteiger partial charge in [0.25, 0.3) is 0 Å². The van der Waals surface area contributed by atoms with Crippen molar-refractivity contribution in [2.24, 2.45) is 5.92 Å². The van der Waals surface area contributed by atoms with Gasteiger partial charge in [0.2, 0.25) is 5.91 Å². The number of rotatable bonds is 3. The zero-order chi connectivity index (χ0) is 13.1. The van der Waals surface area contributed by atoms with Crippen molar-refractivity contribution in [1.29, 1.82) is 0 Å². The molecule has 1 N–H and O–H groups in total. The standard InChI is InChI=1S/C13H16N2O3/c1-9-7-15(13(17)14-12(9)16)8-10-4-3-5-11(6-10)18-2/h3-6,9H,7-8H2,1-2H3,(H,14,16,17). The summed E-state index contributed by atoms with van der Waals surface area (Å²) in [7, 11) is 1.60. The third-order valence-electron chi connectivity index (χ3n) is 2.97. The van der Waals surface area contributed by atoms with Crippen molar-refractivity contribution in [3.8, 4) is 5.75 Å². The first kappa shape index (κ1) is 12.4. The van der Waals surface area contributed by atoms with Crippen LogP contribution in [0.3, 0.4) is 0 Å². The van der Waals surface area contributed by atoms with E-state index < -0.39 is 0 Å². The number of carbonyl (C=O) groups is 2. The molecule has 1 unspecified atom stereocenters. The van der Waals surface area contributed by atoms with Gasteiger partial charge in [0, 0.05) is 13.1 Å². The van der Waals surface area contributed by atoms with Crippen LogP contribution in [0.15, 0.2) is 24.3 Å². The summed E-state index contributed by atoms with van der Waals surface area (Å²) in [6.07, 6.45) is 0. The SMILES string of the molecule is COc1cccc(CN2CC(C)C(=O)NC2=O)c1. The Kier molecular flexibility index (Phi) is 3.50. The first-order valence-corrected chi connectivity index (χ1v) is 5.83. The van der Waals surface area contributed by atoms with Crippen molar-refractivity contribution in [3.63, 3.8) is 0 Å². The highest BCUT2D eigenvalue weighted by Gasteiger charge is 2.28. The topological polar surface area (TPSA) is 58.6 Å². The molecule has 2 rings (SSSR count). The summed E-state index contributed by atoms with van der Waals surface area (Å²) in [5.74, 6) is 0.379. The molecule has 3 amide bonds. The van der Waals surface area contributed by atoms with E-state index in [4.69, 9.17) is 4.74 Å². The third-order valence-corrected chi connectivity index (χ3v) is 2.97. The van der Waals surface area contributed by atoms with Crippen molar-refractivity contribution in [2.75, 3.05) is 13.7 Å². The number of methoxy groups -OCH3 is 1. The summed E-state index contributed by atoms with van der Waals surface area (Å²) >= 11 is 0. The number of carbonyl (C=O) groups excluding carboxylic acids is 2. The molecule has 5 nitrogen and oxygen atoms in total. The monoisotopic (exact) mass is 248 g/mol. The Hall–Kier alpha value is -2.04. The number of imide groups is 1. The molecule has 1 aromatic carbocycles. The van der Waals surface area contributed by atoms with Gasteiger partial charge in [-0.1, -0.05) is 19.1 Å². The highest BCUT2D eigenvalue weighted by atomic mass is 16.5. The molecule has 1 heterocycles. The quantitative estimate of drug-likeness (QED) is 0.879. The Balaban J connectivity index is 2.08. The molecule has 1 aromatic rings. The number of urea groups is 1. The Morgan fingerprint density at radius 1 is 1.44 bits per heavy atom. The molecule has 0 aromatic heterocycles. The summed E-state index contributed by atoms with van der Waals surface area (Å²) in [6, 6.07) is 7.21. The average molecular weight is 248 g/mol. The van der Waals surface area contributed by atoms with Crippen LogP contribution in [0.4, 0.5) is 4.79 Å². The summed E-state index contributed by atoms with van der Waals surface area (Å²) < 4.78 is 5.14. The van der Waals surface area contributed by atoms with Crippen LogP contribution < -0.4 is 10.1 Å². The molecule has 1 fully saturated rings. The molecule has 0 aliphatic carbocycles. The minimum absolute atomic E-state index is 0.173. The van der Waals surface area contributed by atoms with Crippen LogP contribution >= 0.6 is 0 Å². The van der Waals surface area contributed by atoms with Gasteiger partial charge in [-0.05, 0) is 17.7 Å². The summed E-state index contributed by atoms with van der Waals surface area (Å²) in [5.41, 5.74) is 0.978. The zero-order valence-corrected chi connectivity index (χ0v) is 10.5. The zero-order valence-electron chi connectivity index (χ0n) is 10.5. The van der Waals surface area contributed by atoms with E-state index in [1.807, 2.05) is 24.3 Å². The second-order valence-electron chi connectivity index (χ2n) is 4.43. The Morgan fingerprint density at radius 2 is 2.22 bits per heavy atom. The predicted octanol–water partition coefficient (Wildman–Crippen LogP) is 1.38. The summed E-state index contributed by atoms with van der Waals surface area (Å²) in [6.45, 7) is 2.73. The van der Waals surface area contributed by atoms with Gasteiger partial charge in [-0.25, -0.2) is 4.79 Å². The maximum absolute atomic E-state index is 11.7. The maximum atomic E-state index is 11.7. The fraction of sp³-hybridized carbons (Fsp3) is 0.385. The number of nitrogens with zero attached hydrogens (tertiary/aromatic N) is 1. The first-order valence-electron chi connectivity index (χ1n) is 5.83. The Morgan fingerprint density at radius 3 is 2.94 bits per heavy atom. The fourth-order valence-corrected chi connectivity index (χ4v) is 1.93. The largest absolute Gasteiger partial charge is 0.497 e. The lowest BCUT2D eigenvalue weighted by atomic mass is 10.1. The van der Waals surface area contributed by atoms with Crippen LogP contribution in [-0.4, -0.2) is 30.5 Å². The number of benzene rings is 1. The second kappa shape index (κ2) is 5.08. The van der Waals surface area contributed by atoms with E-state index in [0.29, 0.717) is 13.1 Å². The maximum Gasteiger partial charge on any atom is 0.324 e. The lowest BCUT2D eigenvalue weighted by molar-refractivity contribution is -0.125. The van der Waals surface area contributed by atoms with Crippen LogP contribution in [-0.2, 0) is 11.3 Å². The molecule has 0 radical (unpaired) electrons. The van der Waals surface area contributed by atoms with E-state index in [9.17, 15) is 9.59 Å². The molecule has 5 heteroatoms. The van der Waals surface area contributed by atoms with Gasteiger partial charge in [0.1, 0.15) is 5.75 Å². The van der Waals surface area contributed by atoms with Crippen LogP contribution in [0.25, 0.3) is 0 Å². The van der Waals surface area contributed by atoms with E-state index in [0.717, 1.165) is 11.3 Å². The van der Waals surface area contributed by atoms with Crippen molar-refractivity contribution >= 4 is 11.9 Å². The van der Waals surface area contributed by atoms with E-state index in [2.05, 4.69) is 5.32 Å². The molecule has 0 bridgehead atoms. The molecule has 1 aliphatic rings. The molecule has 0 saturated carbocycles. The fourth-order valence-electron chi connectivity index (χ4n) is 1.93. The van der Waals surface area contributed by atoms with E-state index in [-0.39, 0.29) is 17.9 Å². The van der Waals surface area contributed by atoms with Gasteiger partial charge in [0.05, 0.1) is 13.0 Å². The Bertz CT molecular complexity index is 473. The molecular weight excluding hydrogens is 232 g/mol. The van der Waals surface area contributed by atoms with Gasteiger partial charge in [0.15, 0.2) is 0 Å². The number of nitrogens with one attached hydrogen (secondary N) is 1. The summed E-state index contributed by atoms with van der Waals surface area (Å²) in [5, 5.41) is 2.34. The smallest absolute Gasteiger partial charge is 0.324 e. The molecule has 1 saturated heterocycles. The van der Waals surface area contributed by atoms with Gasteiger partial charge >= 0.3 is 6.03 Å². The van der Waals surface area contributed by atoms with Crippen LogP contribution in [0.1, 0.15) is 12.5 Å². The number of hydrogen-bond donors (Lipinski definition) is 1. The average Bonchev–Trinajstić information content (AvgIpc) is 2.36. The van der Waals surface area contributed by atoms with Crippen molar-refractivity contribution in [3.05, 3.63) is 29.8 Å². The molecule has 96 valence electrons. The van der Waals surface area contributed by atoms with E-state index >= 15 is 0 Å².